The summed E-state index contributed by atoms with van der Waals surface area (Å²) < 4.78 is 0.914. The van der Waals surface area contributed by atoms with Crippen molar-refractivity contribution in [3.63, 3.8) is 0 Å². The number of hydrogen-bond acceptors (Lipinski definition) is 2. The van der Waals surface area contributed by atoms with Crippen LogP contribution in [0.15, 0.2) is 28.9 Å². The van der Waals surface area contributed by atoms with E-state index < -0.39 is 0 Å². The number of imidazole rings is 1. The Hall–Kier alpha value is -1.29. The van der Waals surface area contributed by atoms with Gasteiger partial charge in [0.25, 0.3) is 0 Å². The fourth-order valence-electron chi connectivity index (χ4n) is 1.28. The van der Waals surface area contributed by atoms with Gasteiger partial charge in [-0.05, 0) is 35.0 Å². The highest BCUT2D eigenvalue weighted by atomic mass is 79.9. The lowest BCUT2D eigenvalue weighted by atomic mass is 10.1. The first-order valence-electron chi connectivity index (χ1n) is 4.24. The van der Waals surface area contributed by atoms with Gasteiger partial charge in [-0.15, -0.1) is 0 Å². The van der Waals surface area contributed by atoms with Crippen LogP contribution in [0.2, 0.25) is 0 Å². The molecule has 4 heteroatoms. The van der Waals surface area contributed by atoms with E-state index in [9.17, 15) is 0 Å². The molecular weight excluding hydrogens is 242 g/mol. The van der Waals surface area contributed by atoms with Crippen LogP contribution in [0.4, 0.5) is 5.69 Å². The van der Waals surface area contributed by atoms with Crippen molar-refractivity contribution in [2.75, 3.05) is 5.73 Å². The number of aryl methyl sites for hydroxylation is 1. The first-order chi connectivity index (χ1) is 6.66. The molecule has 0 spiro atoms. The number of aromatic amines is 1. The second kappa shape index (κ2) is 3.46. The Morgan fingerprint density at radius 1 is 1.43 bits per heavy atom. The first kappa shape index (κ1) is 9.27. The van der Waals surface area contributed by atoms with Gasteiger partial charge in [0.15, 0.2) is 0 Å². The van der Waals surface area contributed by atoms with E-state index in [1.54, 1.807) is 6.20 Å². The molecule has 72 valence electrons. The van der Waals surface area contributed by atoms with Crippen molar-refractivity contribution in [2.24, 2.45) is 0 Å². The van der Waals surface area contributed by atoms with Crippen LogP contribution in [-0.4, -0.2) is 9.97 Å². The minimum Gasteiger partial charge on any atom is -0.398 e. The molecule has 1 aromatic heterocycles. The predicted molar refractivity (Wildman–Crippen MR) is 60.9 cm³/mol. The van der Waals surface area contributed by atoms with Gasteiger partial charge in [-0.25, -0.2) is 4.98 Å². The molecule has 2 rings (SSSR count). The number of nitrogens with one attached hydrogen (secondary N) is 1. The molecule has 3 N–H and O–H groups in total. The Labute approximate surface area is 90.5 Å². The summed E-state index contributed by atoms with van der Waals surface area (Å²) in [6.45, 7) is 1.92. The maximum Gasteiger partial charge on any atom is 0.103 e. The van der Waals surface area contributed by atoms with Crippen molar-refractivity contribution < 1.29 is 0 Å². The summed E-state index contributed by atoms with van der Waals surface area (Å²) in [5.41, 5.74) is 8.55. The van der Waals surface area contributed by atoms with Gasteiger partial charge >= 0.3 is 0 Å². The number of rotatable bonds is 1. The quantitative estimate of drug-likeness (QED) is 0.766. The smallest absolute Gasteiger partial charge is 0.103 e. The zero-order chi connectivity index (χ0) is 10.1. The molecular formula is C10H10BrN3. The zero-order valence-corrected chi connectivity index (χ0v) is 9.30. The van der Waals surface area contributed by atoms with Crippen LogP contribution in [-0.2, 0) is 0 Å². The Balaban J connectivity index is 2.47. The number of anilines is 1. The fraction of sp³-hybridized carbons (Fsp3) is 0.100. The summed E-state index contributed by atoms with van der Waals surface area (Å²) in [5, 5.41) is 0. The van der Waals surface area contributed by atoms with Crippen molar-refractivity contribution in [3.05, 3.63) is 34.7 Å². The van der Waals surface area contributed by atoms with E-state index in [2.05, 4.69) is 25.9 Å². The summed E-state index contributed by atoms with van der Waals surface area (Å²) in [5.74, 6) is 0.904. The summed E-state index contributed by atoms with van der Waals surface area (Å²) in [4.78, 5) is 7.29. The van der Waals surface area contributed by atoms with Crippen LogP contribution in [0, 0.1) is 6.92 Å². The number of nitrogens with two attached hydrogens (primary N) is 1. The van der Waals surface area contributed by atoms with E-state index in [-0.39, 0.29) is 0 Å². The third kappa shape index (κ3) is 1.65. The molecule has 0 aliphatic carbocycles. The van der Waals surface area contributed by atoms with Crippen LogP contribution < -0.4 is 5.73 Å². The molecule has 0 saturated carbocycles. The summed E-state index contributed by atoms with van der Waals surface area (Å²) in [7, 11) is 0. The lowest BCUT2D eigenvalue weighted by molar-refractivity contribution is 1.15. The van der Waals surface area contributed by atoms with Crippen molar-refractivity contribution in [2.45, 2.75) is 6.92 Å². The second-order valence-corrected chi connectivity index (χ2v) is 3.97. The Morgan fingerprint density at radius 3 is 2.79 bits per heavy atom. The third-order valence-corrected chi connectivity index (χ3v) is 2.73. The summed E-state index contributed by atoms with van der Waals surface area (Å²) >= 11 is 3.36. The SMILES string of the molecule is Cc1ncc(-c2ccc(Br)c(N)c2)[nH]1. The van der Waals surface area contributed by atoms with Crippen LogP contribution in [0.25, 0.3) is 11.3 Å². The molecule has 2 aromatic rings. The Bertz CT molecular complexity index is 462. The lowest BCUT2D eigenvalue weighted by Gasteiger charge is -2.01. The zero-order valence-electron chi connectivity index (χ0n) is 7.71. The molecule has 0 amide bonds. The Kier molecular flexibility index (Phi) is 2.29. The van der Waals surface area contributed by atoms with E-state index in [1.165, 1.54) is 0 Å². The molecule has 14 heavy (non-hydrogen) atoms. The molecule has 3 nitrogen and oxygen atoms in total. The van der Waals surface area contributed by atoms with Crippen molar-refractivity contribution in [3.8, 4) is 11.3 Å². The van der Waals surface area contributed by atoms with Gasteiger partial charge in [0.1, 0.15) is 5.82 Å². The molecule has 0 fully saturated rings. The number of H-pyrrole nitrogens is 1. The maximum atomic E-state index is 5.78. The monoisotopic (exact) mass is 251 g/mol. The highest BCUT2D eigenvalue weighted by Crippen LogP contribution is 2.25. The van der Waals surface area contributed by atoms with Gasteiger partial charge in [0.05, 0.1) is 11.9 Å². The van der Waals surface area contributed by atoms with Gasteiger partial charge in [-0.1, -0.05) is 6.07 Å². The lowest BCUT2D eigenvalue weighted by Crippen LogP contribution is -1.87. The third-order valence-electron chi connectivity index (χ3n) is 2.01. The average Bonchev–Trinajstić information content (AvgIpc) is 2.57. The molecule has 0 unspecified atom stereocenters. The van der Waals surface area contributed by atoms with Crippen LogP contribution in [0.5, 0.6) is 0 Å². The molecule has 0 aliphatic rings. The van der Waals surface area contributed by atoms with E-state index >= 15 is 0 Å². The van der Waals surface area contributed by atoms with Crippen molar-refractivity contribution in [1.29, 1.82) is 0 Å². The molecule has 1 heterocycles. The normalized spacial score (nSPS) is 10.4. The van der Waals surface area contributed by atoms with E-state index in [1.807, 2.05) is 25.1 Å². The standard InChI is InChI=1S/C10H10BrN3/c1-6-13-5-10(14-6)7-2-3-8(11)9(12)4-7/h2-5H,12H2,1H3,(H,13,14). The second-order valence-electron chi connectivity index (χ2n) is 3.12. The summed E-state index contributed by atoms with van der Waals surface area (Å²) in [6.07, 6.45) is 1.80. The van der Waals surface area contributed by atoms with E-state index in [4.69, 9.17) is 5.73 Å². The average molecular weight is 252 g/mol. The largest absolute Gasteiger partial charge is 0.398 e. The van der Waals surface area contributed by atoms with Crippen LogP contribution >= 0.6 is 15.9 Å². The maximum absolute atomic E-state index is 5.78. The van der Waals surface area contributed by atoms with Crippen LogP contribution in [0.3, 0.4) is 0 Å². The highest BCUT2D eigenvalue weighted by Gasteiger charge is 2.02. The number of halogens is 1. The molecule has 0 atom stereocenters. The van der Waals surface area contributed by atoms with Gasteiger partial charge in [-0.3, -0.25) is 0 Å². The topological polar surface area (TPSA) is 54.7 Å². The molecule has 0 radical (unpaired) electrons. The number of aromatic nitrogens is 2. The minimum atomic E-state index is 0.731. The van der Waals surface area contributed by atoms with Gasteiger partial charge in [-0.2, -0.15) is 0 Å². The van der Waals surface area contributed by atoms with Crippen molar-refractivity contribution >= 4 is 21.6 Å². The van der Waals surface area contributed by atoms with Gasteiger partial charge in [0.2, 0.25) is 0 Å². The van der Waals surface area contributed by atoms with E-state index in [0.29, 0.717) is 0 Å². The number of nitrogens with zero attached hydrogens (tertiary/aromatic N) is 1. The van der Waals surface area contributed by atoms with Gasteiger partial charge in [0, 0.05) is 15.7 Å². The number of nitrogen functional groups attached to an aromatic ring is 1. The van der Waals surface area contributed by atoms with Crippen molar-refractivity contribution in [1.82, 2.24) is 9.97 Å². The highest BCUT2D eigenvalue weighted by molar-refractivity contribution is 9.10. The molecule has 1 aromatic carbocycles. The molecule has 0 bridgehead atoms. The predicted octanol–water partition coefficient (Wildman–Crippen LogP) is 2.73. The van der Waals surface area contributed by atoms with Crippen LogP contribution in [0.1, 0.15) is 5.82 Å². The minimum absolute atomic E-state index is 0.731. The molecule has 0 saturated heterocycles. The summed E-state index contributed by atoms with van der Waals surface area (Å²) in [6, 6.07) is 5.84. The number of benzene rings is 1. The fourth-order valence-corrected chi connectivity index (χ4v) is 1.53. The first-order valence-corrected chi connectivity index (χ1v) is 5.03. The van der Waals surface area contributed by atoms with E-state index in [0.717, 1.165) is 27.2 Å². The Morgan fingerprint density at radius 2 is 2.21 bits per heavy atom. The van der Waals surface area contributed by atoms with Gasteiger partial charge < -0.3 is 10.7 Å². The number of hydrogen-bond donors (Lipinski definition) is 2. The molecule has 0 aliphatic heterocycles.